The lowest BCUT2D eigenvalue weighted by atomic mass is 10.2. The van der Waals surface area contributed by atoms with Crippen LogP contribution >= 0.6 is 28.1 Å². The zero-order valence-electron chi connectivity index (χ0n) is 12.9. The van der Waals surface area contributed by atoms with Crippen LogP contribution in [0.4, 0.5) is 0 Å². The van der Waals surface area contributed by atoms with E-state index < -0.39 is 0 Å². The van der Waals surface area contributed by atoms with Gasteiger partial charge >= 0.3 is 0 Å². The Morgan fingerprint density at radius 1 is 1.29 bits per heavy atom. The summed E-state index contributed by atoms with van der Waals surface area (Å²) < 4.78 is 8.59. The van der Waals surface area contributed by atoms with Gasteiger partial charge in [-0.3, -0.25) is 0 Å². The predicted octanol–water partition coefficient (Wildman–Crippen LogP) is 4.65. The molecule has 0 aliphatic heterocycles. The first-order chi connectivity index (χ1) is 11.7. The lowest BCUT2D eigenvalue weighted by Crippen LogP contribution is -1.96. The van der Waals surface area contributed by atoms with Gasteiger partial charge in [0.25, 0.3) is 0 Å². The molecule has 0 amide bonds. The van der Waals surface area contributed by atoms with Gasteiger partial charge in [-0.2, -0.15) is 14.9 Å². The van der Waals surface area contributed by atoms with Crippen molar-refractivity contribution >= 4 is 34.4 Å². The number of ether oxygens (including phenoxy) is 1. The Kier molecular flexibility index (Phi) is 5.22. The van der Waals surface area contributed by atoms with Gasteiger partial charge in [0, 0.05) is 10.0 Å². The second kappa shape index (κ2) is 7.55. The van der Waals surface area contributed by atoms with Gasteiger partial charge in [-0.25, -0.2) is 5.10 Å². The summed E-state index contributed by atoms with van der Waals surface area (Å²) in [5.41, 5.74) is 1.84. The molecule has 1 heterocycles. The number of halogens is 1. The Bertz CT molecular complexity index is 915. The highest BCUT2D eigenvalue weighted by atomic mass is 79.9. The van der Waals surface area contributed by atoms with Crippen molar-refractivity contribution in [1.82, 2.24) is 14.9 Å². The van der Waals surface area contributed by atoms with Crippen LogP contribution < -0.4 is 4.74 Å². The van der Waals surface area contributed by atoms with Crippen molar-refractivity contribution in [2.24, 2.45) is 5.10 Å². The van der Waals surface area contributed by atoms with Crippen LogP contribution in [0.3, 0.4) is 0 Å². The smallest absolute Gasteiger partial charge is 0.216 e. The summed E-state index contributed by atoms with van der Waals surface area (Å²) in [6.45, 7) is 2.56. The van der Waals surface area contributed by atoms with E-state index in [9.17, 15) is 0 Å². The summed E-state index contributed by atoms with van der Waals surface area (Å²) in [6.07, 6.45) is 1.74. The molecule has 24 heavy (non-hydrogen) atoms. The van der Waals surface area contributed by atoms with Crippen LogP contribution in [0.5, 0.6) is 5.75 Å². The number of rotatable bonds is 5. The van der Waals surface area contributed by atoms with Crippen LogP contribution in [0.15, 0.2) is 58.1 Å². The predicted molar refractivity (Wildman–Crippen MR) is 101 cm³/mol. The summed E-state index contributed by atoms with van der Waals surface area (Å²) >= 11 is 8.70. The third-order valence-electron chi connectivity index (χ3n) is 3.25. The quantitative estimate of drug-likeness (QED) is 0.498. The highest BCUT2D eigenvalue weighted by molar-refractivity contribution is 9.10. The molecule has 0 saturated heterocycles. The molecule has 1 aromatic heterocycles. The van der Waals surface area contributed by atoms with Crippen LogP contribution in [0.25, 0.3) is 11.4 Å². The molecule has 0 saturated carbocycles. The lowest BCUT2D eigenvalue weighted by molar-refractivity contribution is 0.340. The Hall–Kier alpha value is -2.25. The molecule has 0 fully saturated rings. The van der Waals surface area contributed by atoms with E-state index in [0.717, 1.165) is 21.3 Å². The highest BCUT2D eigenvalue weighted by Crippen LogP contribution is 2.22. The van der Waals surface area contributed by atoms with Crippen molar-refractivity contribution in [3.8, 4) is 17.1 Å². The second-order valence-electron chi connectivity index (χ2n) is 4.92. The Labute approximate surface area is 153 Å². The van der Waals surface area contributed by atoms with Crippen molar-refractivity contribution < 1.29 is 4.74 Å². The minimum atomic E-state index is 0.431. The first kappa shape index (κ1) is 16.6. The molecule has 0 spiro atoms. The zero-order valence-corrected chi connectivity index (χ0v) is 15.3. The van der Waals surface area contributed by atoms with Gasteiger partial charge in [0.2, 0.25) is 4.77 Å². The summed E-state index contributed by atoms with van der Waals surface area (Å²) in [4.78, 5) is 0. The van der Waals surface area contributed by atoms with Crippen LogP contribution in [0, 0.1) is 4.77 Å². The minimum Gasteiger partial charge on any atom is -0.494 e. The number of nitrogens with one attached hydrogen (secondary N) is 1. The normalized spacial score (nSPS) is 11.1. The lowest BCUT2D eigenvalue weighted by Gasteiger charge is -2.05. The fourth-order valence-corrected chi connectivity index (χ4v) is 2.59. The van der Waals surface area contributed by atoms with E-state index in [1.54, 1.807) is 10.9 Å². The number of nitrogens with zero attached hydrogens (tertiary/aromatic N) is 3. The van der Waals surface area contributed by atoms with Gasteiger partial charge in [0.1, 0.15) is 5.75 Å². The van der Waals surface area contributed by atoms with Crippen molar-refractivity contribution in [3.05, 3.63) is 63.3 Å². The third kappa shape index (κ3) is 3.80. The Balaban J connectivity index is 1.95. The SMILES string of the molecule is CCOc1cccc(-c2n[nH]c(=S)n2N=Cc2ccc(Br)cc2)c1. The molecule has 3 rings (SSSR count). The van der Waals surface area contributed by atoms with Crippen LogP contribution in [-0.2, 0) is 0 Å². The molecule has 0 radical (unpaired) electrons. The molecule has 0 aliphatic rings. The summed E-state index contributed by atoms with van der Waals surface area (Å²) in [6, 6.07) is 15.5. The molecule has 3 aromatic rings. The highest BCUT2D eigenvalue weighted by Gasteiger charge is 2.09. The van der Waals surface area contributed by atoms with E-state index in [1.165, 1.54) is 0 Å². The van der Waals surface area contributed by atoms with Gasteiger partial charge in [-0.1, -0.05) is 40.2 Å². The van der Waals surface area contributed by atoms with Gasteiger partial charge in [0.15, 0.2) is 5.82 Å². The fourth-order valence-electron chi connectivity index (χ4n) is 2.15. The molecular formula is C17H15BrN4OS. The molecule has 1 N–H and O–H groups in total. The van der Waals surface area contributed by atoms with Crippen molar-refractivity contribution in [3.63, 3.8) is 0 Å². The Morgan fingerprint density at radius 3 is 2.83 bits per heavy atom. The number of hydrogen-bond donors (Lipinski definition) is 1. The van der Waals surface area contributed by atoms with E-state index >= 15 is 0 Å². The van der Waals surface area contributed by atoms with Gasteiger partial charge in [-0.05, 0) is 49.0 Å². The number of hydrogen-bond acceptors (Lipinski definition) is 4. The molecule has 122 valence electrons. The monoisotopic (exact) mass is 402 g/mol. The van der Waals surface area contributed by atoms with E-state index in [4.69, 9.17) is 17.0 Å². The van der Waals surface area contributed by atoms with Crippen LogP contribution in [0.2, 0.25) is 0 Å². The van der Waals surface area contributed by atoms with E-state index in [1.807, 2.05) is 55.5 Å². The zero-order chi connectivity index (χ0) is 16.9. The van der Waals surface area contributed by atoms with Gasteiger partial charge in [-0.15, -0.1) is 0 Å². The summed E-state index contributed by atoms with van der Waals surface area (Å²) in [7, 11) is 0. The second-order valence-corrected chi connectivity index (χ2v) is 6.22. The molecule has 0 bridgehead atoms. The van der Waals surface area contributed by atoms with E-state index in [2.05, 4.69) is 31.2 Å². The van der Waals surface area contributed by atoms with Crippen molar-refractivity contribution in [2.45, 2.75) is 6.92 Å². The summed E-state index contributed by atoms with van der Waals surface area (Å²) in [5.74, 6) is 1.42. The maximum atomic E-state index is 5.54. The largest absolute Gasteiger partial charge is 0.494 e. The molecular weight excluding hydrogens is 388 g/mol. The molecule has 0 atom stereocenters. The first-order valence-electron chi connectivity index (χ1n) is 7.38. The molecule has 0 aliphatic carbocycles. The fraction of sp³-hybridized carbons (Fsp3) is 0.118. The number of aromatic nitrogens is 3. The number of H-pyrrole nitrogens is 1. The van der Waals surface area contributed by atoms with Crippen LogP contribution in [0.1, 0.15) is 12.5 Å². The topological polar surface area (TPSA) is 55.2 Å². The van der Waals surface area contributed by atoms with E-state index in [-0.39, 0.29) is 0 Å². The summed E-state index contributed by atoms with van der Waals surface area (Å²) in [5, 5.41) is 11.5. The van der Waals surface area contributed by atoms with Crippen molar-refractivity contribution in [2.75, 3.05) is 6.61 Å². The van der Waals surface area contributed by atoms with Gasteiger partial charge < -0.3 is 4.74 Å². The standard InChI is InChI=1S/C17H15BrN4OS/c1-2-23-15-5-3-4-13(10-15)16-20-21-17(24)22(16)19-11-12-6-8-14(18)9-7-12/h3-11H,2H2,1H3,(H,21,24). The third-order valence-corrected chi connectivity index (χ3v) is 4.04. The van der Waals surface area contributed by atoms with Crippen LogP contribution in [-0.4, -0.2) is 27.7 Å². The maximum Gasteiger partial charge on any atom is 0.216 e. The molecule has 2 aromatic carbocycles. The Morgan fingerprint density at radius 2 is 2.08 bits per heavy atom. The first-order valence-corrected chi connectivity index (χ1v) is 8.58. The average molecular weight is 403 g/mol. The molecule has 0 unspecified atom stereocenters. The molecule has 5 nitrogen and oxygen atoms in total. The number of aromatic amines is 1. The average Bonchev–Trinajstić information content (AvgIpc) is 2.96. The molecule has 7 heteroatoms. The maximum absolute atomic E-state index is 5.54. The minimum absolute atomic E-state index is 0.431. The van der Waals surface area contributed by atoms with Gasteiger partial charge in [0.05, 0.1) is 12.8 Å². The van der Waals surface area contributed by atoms with Crippen molar-refractivity contribution in [1.29, 1.82) is 0 Å². The number of benzene rings is 2. The van der Waals surface area contributed by atoms with E-state index in [0.29, 0.717) is 17.2 Å².